The predicted molar refractivity (Wildman–Crippen MR) is 110 cm³/mol. The third-order valence-electron chi connectivity index (χ3n) is 4.60. The zero-order chi connectivity index (χ0) is 19.4. The van der Waals surface area contributed by atoms with Gasteiger partial charge < -0.3 is 4.57 Å². The Kier molecular flexibility index (Phi) is 5.94. The Balaban J connectivity index is 1.90. The lowest BCUT2D eigenvalue weighted by Crippen LogP contribution is -2.36. The van der Waals surface area contributed by atoms with Gasteiger partial charge >= 0.3 is 0 Å². The van der Waals surface area contributed by atoms with Gasteiger partial charge in [0.15, 0.2) is 0 Å². The molecule has 0 amide bonds. The summed E-state index contributed by atoms with van der Waals surface area (Å²) >= 11 is 0. The van der Waals surface area contributed by atoms with Crippen LogP contribution in [0, 0.1) is 0 Å². The average molecular weight is 387 g/mol. The molecule has 0 aliphatic rings. The zero-order valence-electron chi connectivity index (χ0n) is 16.0. The molecule has 3 aromatic rings. The van der Waals surface area contributed by atoms with Crippen LogP contribution < -0.4 is 4.72 Å². The smallest absolute Gasteiger partial charge is 0.278 e. The Morgan fingerprint density at radius 2 is 1.85 bits per heavy atom. The maximum Gasteiger partial charge on any atom is 0.278 e. The topological polar surface area (TPSA) is 67.2 Å². The number of rotatable bonds is 8. The van der Waals surface area contributed by atoms with Gasteiger partial charge in [0.1, 0.15) is 0 Å². The molecule has 0 saturated heterocycles. The van der Waals surface area contributed by atoms with E-state index >= 15 is 0 Å². The van der Waals surface area contributed by atoms with Crippen molar-refractivity contribution in [2.45, 2.75) is 26.3 Å². The molecule has 0 unspecified atom stereocenters. The summed E-state index contributed by atoms with van der Waals surface area (Å²) in [5.74, 6) is 0. The molecule has 2 heterocycles. The van der Waals surface area contributed by atoms with Crippen molar-refractivity contribution >= 4 is 21.1 Å². The Morgan fingerprint density at radius 1 is 1.11 bits per heavy atom. The van der Waals surface area contributed by atoms with Crippen molar-refractivity contribution < 1.29 is 8.42 Å². The van der Waals surface area contributed by atoms with Crippen LogP contribution in [0.5, 0.6) is 0 Å². The average Bonchev–Trinajstić information content (AvgIpc) is 2.99. The van der Waals surface area contributed by atoms with E-state index in [0.717, 1.165) is 29.7 Å². The maximum absolute atomic E-state index is 11.9. The molecular weight excluding hydrogens is 360 g/mol. The normalized spacial score (nSPS) is 12.1. The van der Waals surface area contributed by atoms with Gasteiger partial charge in [0, 0.05) is 56.7 Å². The van der Waals surface area contributed by atoms with Gasteiger partial charge in [-0.1, -0.05) is 19.1 Å². The van der Waals surface area contributed by atoms with E-state index in [4.69, 9.17) is 0 Å². The number of aryl methyl sites for hydroxylation is 1. The van der Waals surface area contributed by atoms with E-state index in [9.17, 15) is 8.42 Å². The molecule has 0 aliphatic heterocycles. The highest BCUT2D eigenvalue weighted by Gasteiger charge is 2.14. The van der Waals surface area contributed by atoms with Crippen molar-refractivity contribution in [2.75, 3.05) is 20.6 Å². The Morgan fingerprint density at radius 3 is 2.52 bits per heavy atom. The Hall–Kier alpha value is -2.22. The van der Waals surface area contributed by atoms with Crippen molar-refractivity contribution in [3.63, 3.8) is 0 Å². The number of benzene rings is 1. The van der Waals surface area contributed by atoms with E-state index in [1.54, 1.807) is 12.4 Å². The number of hydrogen-bond acceptors (Lipinski definition) is 3. The van der Waals surface area contributed by atoms with Crippen molar-refractivity contribution in [1.82, 2.24) is 18.6 Å². The van der Waals surface area contributed by atoms with Gasteiger partial charge in [0.05, 0.1) is 0 Å². The first kappa shape index (κ1) is 19.5. The van der Waals surface area contributed by atoms with Gasteiger partial charge in [-0.3, -0.25) is 4.98 Å². The molecule has 27 heavy (non-hydrogen) atoms. The van der Waals surface area contributed by atoms with Gasteiger partial charge in [0.2, 0.25) is 0 Å². The first-order chi connectivity index (χ1) is 12.9. The number of aromatic nitrogens is 2. The lowest BCUT2D eigenvalue weighted by atomic mass is 10.0. The molecule has 0 bridgehead atoms. The van der Waals surface area contributed by atoms with E-state index in [0.29, 0.717) is 13.0 Å². The molecule has 1 N–H and O–H groups in total. The summed E-state index contributed by atoms with van der Waals surface area (Å²) in [7, 11) is -0.349. The van der Waals surface area contributed by atoms with Crippen LogP contribution in [-0.2, 0) is 23.2 Å². The van der Waals surface area contributed by atoms with E-state index in [2.05, 4.69) is 45.6 Å². The van der Waals surface area contributed by atoms with Crippen LogP contribution in [0.2, 0.25) is 0 Å². The van der Waals surface area contributed by atoms with Gasteiger partial charge in [-0.25, -0.2) is 4.72 Å². The second kappa shape index (κ2) is 8.21. The Bertz CT molecular complexity index is 1010. The second-order valence-corrected chi connectivity index (χ2v) is 8.72. The molecule has 3 rings (SSSR count). The van der Waals surface area contributed by atoms with Crippen LogP contribution in [0.1, 0.15) is 18.9 Å². The fourth-order valence-electron chi connectivity index (χ4n) is 3.16. The van der Waals surface area contributed by atoms with Gasteiger partial charge in [-0.2, -0.15) is 12.7 Å². The number of fused-ring (bicyclic) bond motifs is 1. The minimum atomic E-state index is -3.40. The SMILES string of the molecule is CCCn1cc(CCNS(=O)(=O)N(C)C)c2ccc(-c3ccncc3)cc21. The lowest BCUT2D eigenvalue weighted by Gasteiger charge is -2.11. The Labute approximate surface area is 161 Å². The predicted octanol–water partition coefficient (Wildman–Crippen LogP) is 3.05. The summed E-state index contributed by atoms with van der Waals surface area (Å²) in [6.07, 6.45) is 7.43. The van der Waals surface area contributed by atoms with E-state index in [1.807, 2.05) is 12.1 Å². The highest BCUT2D eigenvalue weighted by Crippen LogP contribution is 2.28. The largest absolute Gasteiger partial charge is 0.347 e. The number of hydrogen-bond donors (Lipinski definition) is 1. The molecule has 144 valence electrons. The summed E-state index contributed by atoms with van der Waals surface area (Å²) in [6, 6.07) is 10.5. The molecule has 0 radical (unpaired) electrons. The maximum atomic E-state index is 11.9. The van der Waals surface area contributed by atoms with Crippen molar-refractivity contribution in [3.05, 3.63) is 54.5 Å². The van der Waals surface area contributed by atoms with Gasteiger partial charge in [0.25, 0.3) is 10.2 Å². The van der Waals surface area contributed by atoms with Crippen LogP contribution >= 0.6 is 0 Å². The van der Waals surface area contributed by atoms with Crippen LogP contribution in [0.4, 0.5) is 0 Å². The number of nitrogens with zero attached hydrogens (tertiary/aromatic N) is 3. The minimum Gasteiger partial charge on any atom is -0.347 e. The van der Waals surface area contributed by atoms with Gasteiger partial charge in [-0.15, -0.1) is 0 Å². The molecule has 0 aliphatic carbocycles. The summed E-state index contributed by atoms with van der Waals surface area (Å²) < 4.78 is 29.9. The fraction of sp³-hybridized carbons (Fsp3) is 0.350. The first-order valence-electron chi connectivity index (χ1n) is 9.11. The second-order valence-electron chi connectivity index (χ2n) is 6.75. The molecule has 0 spiro atoms. The van der Waals surface area contributed by atoms with Gasteiger partial charge in [-0.05, 0) is 47.7 Å². The fourth-order valence-corrected chi connectivity index (χ4v) is 3.78. The monoisotopic (exact) mass is 386 g/mol. The molecule has 0 saturated carbocycles. The van der Waals surface area contributed by atoms with Crippen LogP contribution in [0.15, 0.2) is 48.9 Å². The van der Waals surface area contributed by atoms with Crippen LogP contribution in [-0.4, -0.2) is 42.9 Å². The number of pyridine rings is 1. The van der Waals surface area contributed by atoms with E-state index in [-0.39, 0.29) is 0 Å². The molecular formula is C20H26N4O2S. The molecule has 7 heteroatoms. The summed E-state index contributed by atoms with van der Waals surface area (Å²) in [5, 5.41) is 1.17. The lowest BCUT2D eigenvalue weighted by molar-refractivity contribution is 0.506. The van der Waals surface area contributed by atoms with Crippen molar-refractivity contribution in [3.8, 4) is 11.1 Å². The minimum absolute atomic E-state index is 0.373. The molecule has 0 fully saturated rings. The highest BCUT2D eigenvalue weighted by molar-refractivity contribution is 7.87. The molecule has 6 nitrogen and oxygen atoms in total. The summed E-state index contributed by atoms with van der Waals surface area (Å²) in [4.78, 5) is 4.09. The standard InChI is InChI=1S/C20H26N4O2S/c1-4-13-24-15-18(9-12-22-27(25,26)23(2)3)19-6-5-17(14-20(19)24)16-7-10-21-11-8-16/h5-8,10-11,14-15,22H,4,9,12-13H2,1-3H3. The molecule has 2 aromatic heterocycles. The molecule has 0 atom stereocenters. The van der Waals surface area contributed by atoms with Crippen molar-refractivity contribution in [2.24, 2.45) is 0 Å². The third kappa shape index (κ3) is 4.37. The highest BCUT2D eigenvalue weighted by atomic mass is 32.2. The van der Waals surface area contributed by atoms with E-state index in [1.165, 1.54) is 29.3 Å². The quantitative estimate of drug-likeness (QED) is 0.647. The van der Waals surface area contributed by atoms with E-state index < -0.39 is 10.2 Å². The van der Waals surface area contributed by atoms with Crippen molar-refractivity contribution in [1.29, 1.82) is 0 Å². The molecule has 1 aromatic carbocycles. The zero-order valence-corrected chi connectivity index (χ0v) is 16.8. The first-order valence-corrected chi connectivity index (χ1v) is 10.6. The van der Waals surface area contributed by atoms with Crippen LogP contribution in [0.25, 0.3) is 22.0 Å². The summed E-state index contributed by atoms with van der Waals surface area (Å²) in [5.41, 5.74) is 4.62. The van der Waals surface area contributed by atoms with Crippen LogP contribution in [0.3, 0.4) is 0 Å². The third-order valence-corrected chi connectivity index (χ3v) is 6.13. The number of nitrogens with one attached hydrogen (secondary N) is 1. The summed E-state index contributed by atoms with van der Waals surface area (Å²) in [6.45, 7) is 3.46.